The molecule has 0 saturated heterocycles. The Morgan fingerprint density at radius 3 is 2.24 bits per heavy atom. The Hall–Kier alpha value is -3.75. The average molecular weight is 442 g/mol. The number of hydrogen-bond acceptors (Lipinski definition) is 2. The molecule has 158 valence electrons. The minimum Gasteiger partial charge on any atom is -0.256 e. The molecular weight excluding hydrogens is 418 g/mol. The van der Waals surface area contributed by atoms with Crippen LogP contribution in [0.4, 0.5) is 0 Å². The first-order chi connectivity index (χ1) is 16.3. The Balaban J connectivity index is 1.46. The molecular formula is C31H23NS. The number of benzene rings is 4. The third-order valence-electron chi connectivity index (χ3n) is 6.47. The van der Waals surface area contributed by atoms with Gasteiger partial charge in [-0.15, -0.1) is 11.3 Å². The summed E-state index contributed by atoms with van der Waals surface area (Å²) < 4.78 is 2.61. The van der Waals surface area contributed by atoms with Gasteiger partial charge in [-0.25, -0.2) is 0 Å². The number of thiophene rings is 1. The molecule has 1 atom stereocenters. The van der Waals surface area contributed by atoms with Crippen LogP contribution in [0.1, 0.15) is 24.0 Å². The van der Waals surface area contributed by atoms with Gasteiger partial charge in [0.25, 0.3) is 0 Å². The van der Waals surface area contributed by atoms with E-state index in [1.54, 1.807) is 0 Å². The predicted octanol–water partition coefficient (Wildman–Crippen LogP) is 8.94. The summed E-state index contributed by atoms with van der Waals surface area (Å²) in [7, 11) is 0. The van der Waals surface area contributed by atoms with Crippen LogP contribution in [0, 0.1) is 0 Å². The molecule has 4 aromatic carbocycles. The molecule has 0 aliphatic carbocycles. The second-order valence-corrected chi connectivity index (χ2v) is 9.52. The van der Waals surface area contributed by atoms with Crippen LogP contribution in [0.3, 0.4) is 0 Å². The molecule has 2 heteroatoms. The van der Waals surface area contributed by atoms with Gasteiger partial charge in [-0.05, 0) is 40.5 Å². The molecule has 0 radical (unpaired) electrons. The number of nitrogens with zero attached hydrogens (tertiary/aromatic N) is 1. The summed E-state index contributed by atoms with van der Waals surface area (Å²) in [4.78, 5) is 4.78. The van der Waals surface area contributed by atoms with E-state index in [0.717, 1.165) is 5.69 Å². The van der Waals surface area contributed by atoms with E-state index >= 15 is 0 Å². The maximum absolute atomic E-state index is 4.78. The third kappa shape index (κ3) is 3.63. The van der Waals surface area contributed by atoms with Crippen molar-refractivity contribution in [1.82, 2.24) is 4.98 Å². The van der Waals surface area contributed by atoms with Gasteiger partial charge in [0.05, 0.1) is 5.69 Å². The average Bonchev–Trinajstić information content (AvgIpc) is 3.27. The van der Waals surface area contributed by atoms with Gasteiger partial charge in [0.15, 0.2) is 0 Å². The highest BCUT2D eigenvalue weighted by molar-refractivity contribution is 7.26. The molecule has 0 aliphatic heterocycles. The Morgan fingerprint density at radius 1 is 0.636 bits per heavy atom. The number of fused-ring (bicyclic) bond motifs is 3. The second kappa shape index (κ2) is 8.31. The molecule has 0 spiro atoms. The molecule has 0 fully saturated rings. The van der Waals surface area contributed by atoms with E-state index in [1.807, 2.05) is 17.5 Å². The minimum atomic E-state index is 0.322. The third-order valence-corrected chi connectivity index (χ3v) is 7.67. The van der Waals surface area contributed by atoms with Crippen molar-refractivity contribution < 1.29 is 0 Å². The molecule has 33 heavy (non-hydrogen) atoms. The van der Waals surface area contributed by atoms with Crippen molar-refractivity contribution in [3.05, 3.63) is 127 Å². The number of aromatic nitrogens is 1. The van der Waals surface area contributed by atoms with Gasteiger partial charge in [0.2, 0.25) is 0 Å². The van der Waals surface area contributed by atoms with Gasteiger partial charge < -0.3 is 0 Å². The quantitative estimate of drug-likeness (QED) is 0.266. The van der Waals surface area contributed by atoms with Crippen LogP contribution in [0.25, 0.3) is 42.6 Å². The lowest BCUT2D eigenvalue weighted by Crippen LogP contribution is -1.97. The summed E-state index contributed by atoms with van der Waals surface area (Å²) in [5.74, 6) is 0.322. The Labute approximate surface area is 198 Å². The van der Waals surface area contributed by atoms with E-state index in [1.165, 1.54) is 48.0 Å². The summed E-state index contributed by atoms with van der Waals surface area (Å²) in [6.45, 7) is 2.26. The van der Waals surface area contributed by atoms with Crippen LogP contribution in [0.2, 0.25) is 0 Å². The zero-order chi connectivity index (χ0) is 22.2. The lowest BCUT2D eigenvalue weighted by molar-refractivity contribution is 0.918. The van der Waals surface area contributed by atoms with Crippen molar-refractivity contribution in [2.45, 2.75) is 12.8 Å². The maximum Gasteiger partial charge on any atom is 0.0719 e. The molecule has 0 saturated carbocycles. The van der Waals surface area contributed by atoms with Crippen LogP contribution < -0.4 is 0 Å². The molecule has 2 aromatic heterocycles. The van der Waals surface area contributed by atoms with Crippen molar-refractivity contribution in [1.29, 1.82) is 0 Å². The lowest BCUT2D eigenvalue weighted by atomic mass is 9.92. The monoisotopic (exact) mass is 441 g/mol. The van der Waals surface area contributed by atoms with Gasteiger partial charge in [-0.1, -0.05) is 97.9 Å². The van der Waals surface area contributed by atoms with Crippen molar-refractivity contribution >= 4 is 31.5 Å². The van der Waals surface area contributed by atoms with Gasteiger partial charge in [-0.2, -0.15) is 0 Å². The Bertz CT molecular complexity index is 1570. The largest absolute Gasteiger partial charge is 0.256 e. The highest BCUT2D eigenvalue weighted by Gasteiger charge is 2.14. The van der Waals surface area contributed by atoms with Gasteiger partial charge in [0.1, 0.15) is 0 Å². The van der Waals surface area contributed by atoms with Crippen LogP contribution in [-0.4, -0.2) is 4.98 Å². The summed E-state index contributed by atoms with van der Waals surface area (Å²) >= 11 is 1.86. The maximum atomic E-state index is 4.78. The fourth-order valence-corrected chi connectivity index (χ4v) is 5.87. The number of pyridine rings is 1. The topological polar surface area (TPSA) is 12.9 Å². The first-order valence-electron chi connectivity index (χ1n) is 11.3. The summed E-state index contributed by atoms with van der Waals surface area (Å²) in [5.41, 5.74) is 7.36. The molecule has 0 bridgehead atoms. The van der Waals surface area contributed by atoms with Crippen molar-refractivity contribution in [3.8, 4) is 22.4 Å². The first kappa shape index (κ1) is 19.9. The van der Waals surface area contributed by atoms with E-state index in [-0.39, 0.29) is 0 Å². The summed E-state index contributed by atoms with van der Waals surface area (Å²) in [6.07, 6.45) is 1.95. The molecule has 1 nitrogen and oxygen atoms in total. The van der Waals surface area contributed by atoms with Gasteiger partial charge in [-0.3, -0.25) is 4.98 Å². The molecule has 0 N–H and O–H groups in total. The normalized spacial score (nSPS) is 12.3. The zero-order valence-electron chi connectivity index (χ0n) is 18.4. The predicted molar refractivity (Wildman–Crippen MR) is 142 cm³/mol. The van der Waals surface area contributed by atoms with Gasteiger partial charge in [0, 0.05) is 37.9 Å². The smallest absolute Gasteiger partial charge is 0.0719 e. The highest BCUT2D eigenvalue weighted by atomic mass is 32.1. The molecule has 0 amide bonds. The second-order valence-electron chi connectivity index (χ2n) is 8.47. The summed E-state index contributed by atoms with van der Waals surface area (Å²) in [6, 6.07) is 39.1. The Morgan fingerprint density at radius 2 is 1.42 bits per heavy atom. The highest BCUT2D eigenvalue weighted by Crippen LogP contribution is 2.41. The molecule has 2 heterocycles. The SMILES string of the molecule is CC(c1ccccc1)c1ccnc(-c2cccc3c2sc2cc(-c4ccccc4)ccc23)c1. The van der Waals surface area contributed by atoms with Crippen molar-refractivity contribution in [2.24, 2.45) is 0 Å². The number of rotatable bonds is 4. The fraction of sp³-hybridized carbons (Fsp3) is 0.0645. The first-order valence-corrected chi connectivity index (χ1v) is 12.1. The van der Waals surface area contributed by atoms with Gasteiger partial charge >= 0.3 is 0 Å². The summed E-state index contributed by atoms with van der Waals surface area (Å²) in [5, 5.41) is 2.61. The molecule has 0 aliphatic rings. The lowest BCUT2D eigenvalue weighted by Gasteiger charge is -2.13. The van der Waals surface area contributed by atoms with Crippen LogP contribution in [-0.2, 0) is 0 Å². The fourth-order valence-electron chi connectivity index (χ4n) is 4.61. The zero-order valence-corrected chi connectivity index (χ0v) is 19.2. The van der Waals surface area contributed by atoms with E-state index < -0.39 is 0 Å². The van der Waals surface area contributed by atoms with E-state index in [9.17, 15) is 0 Å². The molecule has 6 rings (SSSR count). The van der Waals surface area contributed by atoms with E-state index in [4.69, 9.17) is 4.98 Å². The molecule has 6 aromatic rings. The number of hydrogen-bond donors (Lipinski definition) is 0. The van der Waals surface area contributed by atoms with Crippen molar-refractivity contribution in [3.63, 3.8) is 0 Å². The van der Waals surface area contributed by atoms with E-state index in [2.05, 4.69) is 116 Å². The van der Waals surface area contributed by atoms with Crippen LogP contribution in [0.5, 0.6) is 0 Å². The van der Waals surface area contributed by atoms with E-state index in [0.29, 0.717) is 5.92 Å². The standard InChI is InChI=1S/C31H23NS/c1-21(22-9-4-2-5-10-22)24-17-18-32-29(19-24)28-14-8-13-27-26-16-15-25(20-30(26)33-31(27)28)23-11-6-3-7-12-23/h2-21H,1H3. The Kier molecular flexibility index (Phi) is 5.01. The van der Waals surface area contributed by atoms with Crippen molar-refractivity contribution in [2.75, 3.05) is 0 Å². The van der Waals surface area contributed by atoms with Crippen LogP contribution >= 0.6 is 11.3 Å². The molecule has 1 unspecified atom stereocenters. The minimum absolute atomic E-state index is 0.322. The van der Waals surface area contributed by atoms with Crippen LogP contribution in [0.15, 0.2) is 115 Å².